The van der Waals surface area contributed by atoms with Gasteiger partial charge in [0.25, 0.3) is 0 Å². The van der Waals surface area contributed by atoms with Crippen molar-refractivity contribution in [3.05, 3.63) is 122 Å². The predicted molar refractivity (Wildman–Crippen MR) is 297 cm³/mol. The number of allylic oxidation sites excluding steroid dienone is 20. The van der Waals surface area contributed by atoms with Gasteiger partial charge in [0.15, 0.2) is 6.10 Å². The van der Waals surface area contributed by atoms with Crippen LogP contribution < -0.4 is 0 Å². The normalized spacial score (nSPS) is 13.0. The number of hydrogen-bond acceptors (Lipinski definition) is 6. The molecule has 0 heterocycles. The highest BCUT2D eigenvalue weighted by atomic mass is 16.6. The topological polar surface area (TPSA) is 78.9 Å². The van der Waals surface area contributed by atoms with E-state index in [-0.39, 0.29) is 31.1 Å². The Kier molecular flexibility index (Phi) is 53.0. The van der Waals surface area contributed by atoms with Gasteiger partial charge in [0, 0.05) is 19.3 Å². The van der Waals surface area contributed by atoms with Gasteiger partial charge >= 0.3 is 17.9 Å². The van der Waals surface area contributed by atoms with Crippen molar-refractivity contribution in [1.29, 1.82) is 0 Å². The number of rotatable bonds is 49. The lowest BCUT2D eigenvalue weighted by Gasteiger charge is -2.18. The van der Waals surface area contributed by atoms with E-state index in [2.05, 4.69) is 99.8 Å². The monoisotopic (exact) mass is 955 g/mol. The molecule has 0 saturated heterocycles. The van der Waals surface area contributed by atoms with Gasteiger partial charge in [-0.2, -0.15) is 0 Å². The Balaban J connectivity index is 4.51. The van der Waals surface area contributed by atoms with Gasteiger partial charge in [0.05, 0.1) is 0 Å². The molecule has 0 amide bonds. The Labute approximate surface area is 424 Å². The SMILES string of the molecule is CC\C=C/C=C\C=C/C=C\CCCCCCCC(=O)OCC(COC(=O)CCCCCCC\C=C/C=C\C=C/C=C\C=C/CCC)OC(=O)CCCCCCC/C=C\CCCCCCCCCCC. The van der Waals surface area contributed by atoms with E-state index in [1.54, 1.807) is 0 Å². The summed E-state index contributed by atoms with van der Waals surface area (Å²) in [5.41, 5.74) is 0. The van der Waals surface area contributed by atoms with E-state index in [0.717, 1.165) is 122 Å². The summed E-state index contributed by atoms with van der Waals surface area (Å²) in [7, 11) is 0. The molecule has 6 heteroatoms. The van der Waals surface area contributed by atoms with E-state index in [0.29, 0.717) is 19.3 Å². The van der Waals surface area contributed by atoms with Crippen LogP contribution in [0.4, 0.5) is 0 Å². The second-order valence-corrected chi connectivity index (χ2v) is 18.3. The second kappa shape index (κ2) is 56.4. The molecule has 0 rings (SSSR count). The molecular formula is C63H102O6. The smallest absolute Gasteiger partial charge is 0.306 e. The molecular weight excluding hydrogens is 853 g/mol. The highest BCUT2D eigenvalue weighted by molar-refractivity contribution is 5.71. The largest absolute Gasteiger partial charge is 0.462 e. The summed E-state index contributed by atoms with van der Waals surface area (Å²) in [5, 5.41) is 0. The van der Waals surface area contributed by atoms with Crippen LogP contribution in [0.3, 0.4) is 0 Å². The Morgan fingerprint density at radius 1 is 0.304 bits per heavy atom. The van der Waals surface area contributed by atoms with Gasteiger partial charge in [-0.05, 0) is 83.5 Å². The summed E-state index contributed by atoms with van der Waals surface area (Å²) >= 11 is 0. The summed E-state index contributed by atoms with van der Waals surface area (Å²) in [6.07, 6.45) is 77.5. The van der Waals surface area contributed by atoms with Crippen LogP contribution in [0.15, 0.2) is 122 Å². The summed E-state index contributed by atoms with van der Waals surface area (Å²) in [5.74, 6) is -0.962. The van der Waals surface area contributed by atoms with Gasteiger partial charge in [-0.1, -0.05) is 258 Å². The maximum atomic E-state index is 12.9. The first-order chi connectivity index (χ1) is 34.0. The molecule has 69 heavy (non-hydrogen) atoms. The first-order valence-corrected chi connectivity index (χ1v) is 28.2. The van der Waals surface area contributed by atoms with E-state index in [4.69, 9.17) is 14.2 Å². The predicted octanol–water partition coefficient (Wildman–Crippen LogP) is 18.9. The van der Waals surface area contributed by atoms with E-state index in [1.165, 1.54) is 77.0 Å². The average Bonchev–Trinajstić information content (AvgIpc) is 3.35. The highest BCUT2D eigenvalue weighted by Crippen LogP contribution is 2.14. The molecule has 0 aliphatic rings. The van der Waals surface area contributed by atoms with Crippen molar-refractivity contribution in [3.63, 3.8) is 0 Å². The van der Waals surface area contributed by atoms with Crippen LogP contribution in [0.2, 0.25) is 0 Å². The third-order valence-electron chi connectivity index (χ3n) is 11.6. The van der Waals surface area contributed by atoms with Crippen molar-refractivity contribution in [2.24, 2.45) is 0 Å². The Morgan fingerprint density at radius 3 is 0.986 bits per heavy atom. The number of ether oxygens (including phenoxy) is 3. The van der Waals surface area contributed by atoms with E-state index in [9.17, 15) is 14.4 Å². The first-order valence-electron chi connectivity index (χ1n) is 28.2. The first kappa shape index (κ1) is 64.8. The fraction of sp³-hybridized carbons (Fsp3) is 0.635. The fourth-order valence-electron chi connectivity index (χ4n) is 7.42. The third-order valence-corrected chi connectivity index (χ3v) is 11.6. The molecule has 390 valence electrons. The van der Waals surface area contributed by atoms with Crippen molar-refractivity contribution < 1.29 is 28.6 Å². The Hall–Kier alpha value is -4.19. The van der Waals surface area contributed by atoms with Gasteiger partial charge in [-0.15, -0.1) is 0 Å². The highest BCUT2D eigenvalue weighted by Gasteiger charge is 2.19. The lowest BCUT2D eigenvalue weighted by atomic mass is 10.1. The third kappa shape index (κ3) is 54.6. The Bertz CT molecular complexity index is 1470. The quantitative estimate of drug-likeness (QED) is 0.0199. The standard InChI is InChI=1S/C63H102O6/c1-4-7-10-13-16-19-22-25-28-30-32-35-38-41-44-47-50-53-56-62(65)68-59-60(58-67-61(64)55-52-49-46-43-40-37-34-27-24-21-18-15-12-9-6-3)69-63(66)57-54-51-48-45-42-39-36-33-31-29-26-23-20-17-14-11-8-5-2/h9-10,12-13,15-16,18-19,21-22,24-25,27-28,30,32-36,60H,4-8,11,14,17,20,23,26,29,31,37-59H2,1-3H3/b12-9-,13-10-,18-15-,19-16-,24-21-,25-22-,30-28-,34-27-,35-32-,36-33-. The van der Waals surface area contributed by atoms with Gasteiger partial charge in [-0.3, -0.25) is 14.4 Å². The minimum absolute atomic E-state index is 0.105. The number of carbonyl (C=O) groups is 3. The molecule has 0 N–H and O–H groups in total. The molecule has 0 radical (unpaired) electrons. The van der Waals surface area contributed by atoms with Crippen molar-refractivity contribution in [2.75, 3.05) is 13.2 Å². The van der Waals surface area contributed by atoms with Crippen molar-refractivity contribution in [3.8, 4) is 0 Å². The minimum atomic E-state index is -0.807. The molecule has 6 nitrogen and oxygen atoms in total. The maximum absolute atomic E-state index is 12.9. The van der Waals surface area contributed by atoms with Crippen LogP contribution in [-0.4, -0.2) is 37.2 Å². The fourth-order valence-corrected chi connectivity index (χ4v) is 7.42. The molecule has 0 saturated carbocycles. The summed E-state index contributed by atoms with van der Waals surface area (Å²) in [6.45, 7) is 6.36. The van der Waals surface area contributed by atoms with E-state index >= 15 is 0 Å². The molecule has 0 aromatic rings. The lowest BCUT2D eigenvalue weighted by Crippen LogP contribution is -2.30. The molecule has 0 aliphatic carbocycles. The van der Waals surface area contributed by atoms with E-state index in [1.807, 2.05) is 42.5 Å². The van der Waals surface area contributed by atoms with Crippen LogP contribution >= 0.6 is 0 Å². The van der Waals surface area contributed by atoms with Crippen LogP contribution in [0, 0.1) is 0 Å². The molecule has 0 fully saturated rings. The minimum Gasteiger partial charge on any atom is -0.462 e. The summed E-state index contributed by atoms with van der Waals surface area (Å²) < 4.78 is 16.8. The number of hydrogen-bond donors (Lipinski definition) is 0. The van der Waals surface area contributed by atoms with Gasteiger partial charge < -0.3 is 14.2 Å². The molecule has 1 unspecified atom stereocenters. The van der Waals surface area contributed by atoms with Crippen molar-refractivity contribution in [2.45, 2.75) is 245 Å². The van der Waals surface area contributed by atoms with Gasteiger partial charge in [0.2, 0.25) is 0 Å². The second-order valence-electron chi connectivity index (χ2n) is 18.3. The zero-order valence-corrected chi connectivity index (χ0v) is 44.5. The lowest BCUT2D eigenvalue weighted by molar-refractivity contribution is -0.167. The molecule has 0 bridgehead atoms. The average molecular weight is 956 g/mol. The Morgan fingerprint density at radius 2 is 0.609 bits per heavy atom. The molecule has 0 aliphatic heterocycles. The van der Waals surface area contributed by atoms with E-state index < -0.39 is 6.10 Å². The van der Waals surface area contributed by atoms with Crippen molar-refractivity contribution in [1.82, 2.24) is 0 Å². The van der Waals surface area contributed by atoms with Crippen LogP contribution in [0.25, 0.3) is 0 Å². The molecule has 0 aromatic carbocycles. The van der Waals surface area contributed by atoms with Gasteiger partial charge in [0.1, 0.15) is 13.2 Å². The van der Waals surface area contributed by atoms with Crippen LogP contribution in [0.5, 0.6) is 0 Å². The number of esters is 3. The summed E-state index contributed by atoms with van der Waals surface area (Å²) in [6, 6.07) is 0. The number of unbranched alkanes of at least 4 members (excludes halogenated alkanes) is 25. The molecule has 1 atom stereocenters. The zero-order chi connectivity index (χ0) is 50.0. The van der Waals surface area contributed by atoms with Crippen LogP contribution in [-0.2, 0) is 28.6 Å². The summed E-state index contributed by atoms with van der Waals surface area (Å²) in [4.78, 5) is 38.1. The maximum Gasteiger partial charge on any atom is 0.306 e. The molecule has 0 spiro atoms. The van der Waals surface area contributed by atoms with Crippen LogP contribution in [0.1, 0.15) is 239 Å². The molecule has 0 aromatic heterocycles. The van der Waals surface area contributed by atoms with Gasteiger partial charge in [-0.25, -0.2) is 0 Å². The number of carbonyl (C=O) groups excluding carboxylic acids is 3. The van der Waals surface area contributed by atoms with Crippen molar-refractivity contribution >= 4 is 17.9 Å². The zero-order valence-electron chi connectivity index (χ0n) is 44.5.